The number of furan rings is 2. The molecule has 0 radical (unpaired) electrons. The molecule has 0 saturated carbocycles. The van der Waals surface area contributed by atoms with Crippen molar-refractivity contribution in [2.24, 2.45) is 0 Å². The number of hydrogen-bond donors (Lipinski definition) is 0. The zero-order chi connectivity index (χ0) is 45.1. The lowest BCUT2D eigenvalue weighted by atomic mass is 9.45. The van der Waals surface area contributed by atoms with Crippen molar-refractivity contribution in [1.82, 2.24) is 8.96 Å². The van der Waals surface area contributed by atoms with E-state index in [1.807, 2.05) is 0 Å². The van der Waals surface area contributed by atoms with Crippen LogP contribution in [-0.2, 0) is 0 Å². The highest BCUT2D eigenvalue weighted by atomic mass is 16.3. The van der Waals surface area contributed by atoms with Crippen LogP contribution in [0.25, 0.3) is 99.0 Å². The lowest BCUT2D eigenvalue weighted by Crippen LogP contribution is -2.56. The van der Waals surface area contributed by atoms with E-state index in [1.165, 1.54) is 99.7 Å². The fraction of sp³-hybridized carbons (Fsp3) is 0. The smallest absolute Gasteiger partial charge is 0.333 e. The summed E-state index contributed by atoms with van der Waals surface area (Å²) in [5.41, 5.74) is 25.3. The quantitative estimate of drug-likeness (QED) is 0.162. The lowest BCUT2D eigenvalue weighted by Gasteiger charge is -2.40. The van der Waals surface area contributed by atoms with Crippen LogP contribution in [0.3, 0.4) is 0 Å². The van der Waals surface area contributed by atoms with Gasteiger partial charge >= 0.3 is 13.7 Å². The van der Waals surface area contributed by atoms with Crippen LogP contribution in [0.5, 0.6) is 0 Å². The van der Waals surface area contributed by atoms with Crippen molar-refractivity contribution in [2.75, 3.05) is 9.80 Å². The van der Waals surface area contributed by atoms with Gasteiger partial charge in [-0.05, 0) is 82.5 Å². The number of benzene rings is 10. The first-order valence-corrected chi connectivity index (χ1v) is 24.2. The van der Waals surface area contributed by atoms with E-state index >= 15 is 0 Å². The number of rotatable bonds is 2. The van der Waals surface area contributed by atoms with Crippen LogP contribution in [-0.4, -0.2) is 22.7 Å². The van der Waals surface area contributed by atoms with Crippen molar-refractivity contribution in [3.05, 3.63) is 206 Å². The Labute approximate surface area is 400 Å². The van der Waals surface area contributed by atoms with Gasteiger partial charge in [0.15, 0.2) is 0 Å². The van der Waals surface area contributed by atoms with Crippen LogP contribution < -0.4 is 31.7 Å². The van der Waals surface area contributed by atoms with Gasteiger partial charge < -0.3 is 27.6 Å². The number of anilines is 6. The molecule has 0 spiro atoms. The molecule has 0 N–H and O–H groups in total. The minimum Gasteiger partial charge on any atom is -0.455 e. The monoisotopic (exact) mass is 888 g/mol. The van der Waals surface area contributed by atoms with Gasteiger partial charge in [0.1, 0.15) is 22.3 Å². The van der Waals surface area contributed by atoms with Gasteiger partial charge in [0.05, 0.1) is 11.0 Å². The van der Waals surface area contributed by atoms with Crippen molar-refractivity contribution in [1.29, 1.82) is 0 Å². The number of hydrogen-bond acceptors (Lipinski definition) is 4. The van der Waals surface area contributed by atoms with Gasteiger partial charge in [-0.25, -0.2) is 0 Å². The maximum atomic E-state index is 7.08. The van der Waals surface area contributed by atoms with Gasteiger partial charge in [-0.2, -0.15) is 0 Å². The number of aromatic nitrogens is 2. The van der Waals surface area contributed by atoms with Crippen LogP contribution in [0.15, 0.2) is 215 Å². The summed E-state index contributed by atoms with van der Waals surface area (Å²) in [6.07, 6.45) is 0. The maximum Gasteiger partial charge on any atom is 0.333 e. The molecule has 8 heteroatoms. The minimum atomic E-state index is -0.163. The molecule has 320 valence electrons. The van der Waals surface area contributed by atoms with Crippen LogP contribution in [0.2, 0.25) is 0 Å². The predicted octanol–water partition coefficient (Wildman–Crippen LogP) is 13.4. The van der Waals surface area contributed by atoms with Gasteiger partial charge in [0.25, 0.3) is 0 Å². The molecule has 10 aromatic carbocycles. The molecule has 14 aromatic rings. The summed E-state index contributed by atoms with van der Waals surface area (Å²) < 4.78 is 19.6. The average Bonchev–Trinajstić information content (AvgIpc) is 4.18. The predicted molar refractivity (Wildman–Crippen MR) is 291 cm³/mol. The molecule has 0 aliphatic carbocycles. The van der Waals surface area contributed by atoms with E-state index in [0.717, 1.165) is 55.3 Å². The molecule has 4 aromatic heterocycles. The highest BCUT2D eigenvalue weighted by Crippen LogP contribution is 2.54. The lowest BCUT2D eigenvalue weighted by molar-refractivity contribution is 0.670. The van der Waals surface area contributed by atoms with Crippen LogP contribution in [0, 0.1) is 0 Å². The third-order valence-corrected chi connectivity index (χ3v) is 16.2. The Hall–Kier alpha value is -9.13. The number of nitrogens with zero attached hydrogens (tertiary/aromatic N) is 4. The Bertz CT molecular complexity index is 4400. The summed E-state index contributed by atoms with van der Waals surface area (Å²) in [5, 5.41) is 6.97. The molecule has 0 fully saturated rings. The first-order valence-electron chi connectivity index (χ1n) is 24.2. The summed E-state index contributed by atoms with van der Waals surface area (Å²) in [4.78, 5) is 4.98. The van der Waals surface area contributed by atoms with Crippen LogP contribution in [0.4, 0.5) is 34.1 Å². The molecule has 70 heavy (non-hydrogen) atoms. The van der Waals surface area contributed by atoms with E-state index in [9.17, 15) is 0 Å². The summed E-state index contributed by atoms with van der Waals surface area (Å²) in [6.45, 7) is -0.325. The molecule has 0 atom stereocenters. The first-order chi connectivity index (χ1) is 34.8. The molecule has 0 bridgehead atoms. The minimum absolute atomic E-state index is 0.163. The van der Waals surface area contributed by atoms with Gasteiger partial charge in [-0.3, -0.25) is 0 Å². The maximum absolute atomic E-state index is 7.08. The number of fused-ring (bicyclic) bond motifs is 21. The third kappa shape index (κ3) is 4.12. The van der Waals surface area contributed by atoms with Crippen LogP contribution in [0.1, 0.15) is 0 Å². The van der Waals surface area contributed by atoms with Crippen molar-refractivity contribution in [3.63, 3.8) is 0 Å². The van der Waals surface area contributed by atoms with E-state index in [1.54, 1.807) is 0 Å². The summed E-state index contributed by atoms with van der Waals surface area (Å²) in [5.74, 6) is 0. The van der Waals surface area contributed by atoms with E-state index in [2.05, 4.69) is 225 Å². The molecule has 4 aliphatic rings. The molecule has 0 unspecified atom stereocenters. The largest absolute Gasteiger partial charge is 0.455 e. The van der Waals surface area contributed by atoms with Crippen LogP contribution >= 0.6 is 0 Å². The second kappa shape index (κ2) is 12.5. The molecule has 8 heterocycles. The highest BCUT2D eigenvalue weighted by molar-refractivity contribution is 6.92. The molecule has 6 nitrogen and oxygen atoms in total. The Morgan fingerprint density at radius 3 is 1.19 bits per heavy atom. The standard InChI is InChI=1S/C62H34B2N4O2/c1-3-17-35(18-4-1)65-47-29-11-9-27-45(47)63-55-49(65)33-43-37-21-7-13-31-51(37)69-61(43)53(55)39-23-15-25-41-57(39)67(63)59-42-26-16-24-40-54-56-50(34-44-38-22-8-14-32-52(38)70-62(44)54)66(36-19-5-2-6-20-36)48-30-12-10-28-46(48)64(56)68(58(40)42)60(41)59/h1-34H. The normalized spacial score (nSPS) is 13.9. The van der Waals surface area contributed by atoms with Crippen molar-refractivity contribution < 1.29 is 8.83 Å². The summed E-state index contributed by atoms with van der Waals surface area (Å²) >= 11 is 0. The third-order valence-electron chi connectivity index (χ3n) is 16.2. The summed E-state index contributed by atoms with van der Waals surface area (Å²) in [7, 11) is 0. The van der Waals surface area contributed by atoms with E-state index in [4.69, 9.17) is 8.83 Å². The van der Waals surface area contributed by atoms with Gasteiger partial charge in [-0.1, -0.05) is 146 Å². The Balaban J connectivity index is 1.04. The Kier molecular flexibility index (Phi) is 6.42. The SMILES string of the molecule is c1ccc(N2c3ccccc3B3c4c2cc2c(oc5ccccc52)c4-c2cccc4c2n3c2c3cccc5c3n(c42)B2c3ccccc3N(c3ccccc3)c3cc4c(oc6ccccc64)c-5c32)cc1. The Morgan fingerprint density at radius 1 is 0.314 bits per heavy atom. The molecule has 0 saturated heterocycles. The molecule has 0 amide bonds. The number of para-hydroxylation sites is 8. The second-order valence-corrected chi connectivity index (χ2v) is 19.4. The molecular formula is C62H34B2N4O2. The average molecular weight is 889 g/mol. The van der Waals surface area contributed by atoms with E-state index in [-0.39, 0.29) is 13.7 Å². The second-order valence-electron chi connectivity index (χ2n) is 19.4. The van der Waals surface area contributed by atoms with Gasteiger partial charge in [0.2, 0.25) is 0 Å². The molecule has 18 rings (SSSR count). The zero-order valence-electron chi connectivity index (χ0n) is 37.4. The molecular weight excluding hydrogens is 854 g/mol. The van der Waals surface area contributed by atoms with Gasteiger partial charge in [-0.15, -0.1) is 0 Å². The highest BCUT2D eigenvalue weighted by Gasteiger charge is 2.48. The van der Waals surface area contributed by atoms with Crippen molar-refractivity contribution >= 4 is 146 Å². The first kappa shape index (κ1) is 36.0. The fourth-order valence-corrected chi connectivity index (χ4v) is 13.7. The fourth-order valence-electron chi connectivity index (χ4n) is 13.7. The topological polar surface area (TPSA) is 42.6 Å². The summed E-state index contributed by atoms with van der Waals surface area (Å²) in [6, 6.07) is 75.8. The van der Waals surface area contributed by atoms with Crippen molar-refractivity contribution in [2.45, 2.75) is 0 Å². The Morgan fingerprint density at radius 2 is 0.714 bits per heavy atom. The zero-order valence-corrected chi connectivity index (χ0v) is 37.4. The molecule has 4 aliphatic heterocycles. The van der Waals surface area contributed by atoms with Crippen molar-refractivity contribution in [3.8, 4) is 22.3 Å². The van der Waals surface area contributed by atoms with E-state index in [0.29, 0.717) is 0 Å². The van der Waals surface area contributed by atoms with E-state index < -0.39 is 0 Å². The van der Waals surface area contributed by atoms with Gasteiger partial charge in [0, 0.05) is 99.7 Å².